The fourth-order valence-electron chi connectivity index (χ4n) is 3.86. The Morgan fingerprint density at radius 2 is 1.85 bits per heavy atom. The predicted octanol–water partition coefficient (Wildman–Crippen LogP) is 3.66. The van der Waals surface area contributed by atoms with Crippen molar-refractivity contribution in [2.45, 2.75) is 64.8 Å². The van der Waals surface area contributed by atoms with Crippen molar-refractivity contribution in [2.75, 3.05) is 13.1 Å². The van der Waals surface area contributed by atoms with E-state index in [1.807, 2.05) is 23.1 Å². The van der Waals surface area contributed by atoms with Gasteiger partial charge in [0.15, 0.2) is 5.69 Å². The Hall–Kier alpha value is -2.37. The summed E-state index contributed by atoms with van der Waals surface area (Å²) in [5.41, 5.74) is 1.06. The predicted molar refractivity (Wildman–Crippen MR) is 106 cm³/mol. The SMILES string of the molecule is CCCN(CCC)C(=O)c1nc(C(=O)NC2CCCCC2)n2ccccc12. The highest BCUT2D eigenvalue weighted by Gasteiger charge is 2.26. The highest BCUT2D eigenvalue weighted by molar-refractivity contribution is 6.02. The Kier molecular flexibility index (Phi) is 6.48. The number of carbonyl (C=O) groups excluding carboxylic acids is 2. The van der Waals surface area contributed by atoms with Crippen molar-refractivity contribution in [2.24, 2.45) is 0 Å². The first-order chi connectivity index (χ1) is 13.2. The molecule has 0 saturated heterocycles. The normalized spacial score (nSPS) is 15.0. The van der Waals surface area contributed by atoms with Gasteiger partial charge in [-0.3, -0.25) is 14.0 Å². The van der Waals surface area contributed by atoms with Gasteiger partial charge in [-0.05, 0) is 37.8 Å². The minimum Gasteiger partial charge on any atom is -0.347 e. The summed E-state index contributed by atoms with van der Waals surface area (Å²) in [4.78, 5) is 32.3. The molecule has 0 spiro atoms. The summed E-state index contributed by atoms with van der Waals surface area (Å²) in [5, 5.41) is 3.11. The number of nitrogens with one attached hydrogen (secondary N) is 1. The first-order valence-electron chi connectivity index (χ1n) is 10.2. The topological polar surface area (TPSA) is 66.7 Å². The molecule has 6 heteroatoms. The zero-order chi connectivity index (χ0) is 19.2. The van der Waals surface area contributed by atoms with Gasteiger partial charge in [-0.25, -0.2) is 4.98 Å². The van der Waals surface area contributed by atoms with Gasteiger partial charge >= 0.3 is 0 Å². The summed E-state index contributed by atoms with van der Waals surface area (Å²) in [5.74, 6) is 0.00581. The van der Waals surface area contributed by atoms with Gasteiger partial charge in [-0.1, -0.05) is 39.2 Å². The lowest BCUT2D eigenvalue weighted by atomic mass is 9.95. The van der Waals surface area contributed by atoms with E-state index in [0.717, 1.165) is 38.5 Å². The third-order valence-corrected chi connectivity index (χ3v) is 5.17. The maximum absolute atomic E-state index is 13.1. The minimum absolute atomic E-state index is 0.0980. The smallest absolute Gasteiger partial charge is 0.287 e. The number of hydrogen-bond donors (Lipinski definition) is 1. The molecule has 27 heavy (non-hydrogen) atoms. The second-order valence-corrected chi connectivity index (χ2v) is 7.34. The summed E-state index contributed by atoms with van der Waals surface area (Å²) >= 11 is 0. The lowest BCUT2D eigenvalue weighted by molar-refractivity contribution is 0.0752. The number of hydrogen-bond acceptors (Lipinski definition) is 3. The van der Waals surface area contributed by atoms with E-state index < -0.39 is 0 Å². The summed E-state index contributed by atoms with van der Waals surface area (Å²) in [6.45, 7) is 5.51. The lowest BCUT2D eigenvalue weighted by Crippen LogP contribution is -2.37. The first kappa shape index (κ1) is 19.4. The molecule has 2 heterocycles. The summed E-state index contributed by atoms with van der Waals surface area (Å²) in [6.07, 6.45) is 9.17. The number of nitrogens with zero attached hydrogens (tertiary/aromatic N) is 3. The zero-order valence-corrected chi connectivity index (χ0v) is 16.4. The van der Waals surface area contributed by atoms with E-state index in [2.05, 4.69) is 24.1 Å². The van der Waals surface area contributed by atoms with Crippen LogP contribution >= 0.6 is 0 Å². The molecular formula is C21H30N4O2. The molecule has 0 unspecified atom stereocenters. The molecule has 3 rings (SSSR count). The lowest BCUT2D eigenvalue weighted by Gasteiger charge is -2.22. The fourth-order valence-corrected chi connectivity index (χ4v) is 3.86. The second kappa shape index (κ2) is 9.02. The molecule has 1 saturated carbocycles. The second-order valence-electron chi connectivity index (χ2n) is 7.34. The maximum Gasteiger partial charge on any atom is 0.287 e. The number of amides is 2. The third-order valence-electron chi connectivity index (χ3n) is 5.17. The molecule has 0 radical (unpaired) electrons. The van der Waals surface area contributed by atoms with Crippen molar-refractivity contribution in [1.29, 1.82) is 0 Å². The van der Waals surface area contributed by atoms with Crippen LogP contribution in [0.2, 0.25) is 0 Å². The van der Waals surface area contributed by atoms with E-state index in [1.165, 1.54) is 6.42 Å². The maximum atomic E-state index is 13.1. The van der Waals surface area contributed by atoms with Crippen molar-refractivity contribution in [3.8, 4) is 0 Å². The summed E-state index contributed by atoms with van der Waals surface area (Å²) in [7, 11) is 0. The van der Waals surface area contributed by atoms with E-state index >= 15 is 0 Å². The largest absolute Gasteiger partial charge is 0.347 e. The standard InChI is InChI=1S/C21H30N4O2/c1-3-13-24(14-4-2)21(27)18-17-12-8-9-15-25(17)19(23-18)20(26)22-16-10-6-5-7-11-16/h8-9,12,15-16H,3-7,10-11,13-14H2,1-2H3,(H,22,26). The average Bonchev–Trinajstić information content (AvgIpc) is 3.08. The zero-order valence-electron chi connectivity index (χ0n) is 16.4. The van der Waals surface area contributed by atoms with Crippen LogP contribution in [0.5, 0.6) is 0 Å². The van der Waals surface area contributed by atoms with Crippen LogP contribution in [0, 0.1) is 0 Å². The van der Waals surface area contributed by atoms with Crippen molar-refractivity contribution < 1.29 is 9.59 Å². The van der Waals surface area contributed by atoms with Crippen LogP contribution in [0.4, 0.5) is 0 Å². The number of pyridine rings is 1. The average molecular weight is 370 g/mol. The molecule has 6 nitrogen and oxygen atoms in total. The Balaban J connectivity index is 1.90. The van der Waals surface area contributed by atoms with E-state index in [-0.39, 0.29) is 17.9 Å². The Morgan fingerprint density at radius 3 is 2.52 bits per heavy atom. The van der Waals surface area contributed by atoms with Gasteiger partial charge in [0.2, 0.25) is 5.82 Å². The van der Waals surface area contributed by atoms with E-state index in [9.17, 15) is 9.59 Å². The molecule has 1 aliphatic carbocycles. The molecule has 1 aliphatic rings. The van der Waals surface area contributed by atoms with Crippen molar-refractivity contribution in [3.63, 3.8) is 0 Å². The van der Waals surface area contributed by atoms with Crippen molar-refractivity contribution >= 4 is 17.3 Å². The van der Waals surface area contributed by atoms with Gasteiger partial charge in [0.1, 0.15) is 0 Å². The van der Waals surface area contributed by atoms with Crippen LogP contribution in [0.3, 0.4) is 0 Å². The first-order valence-corrected chi connectivity index (χ1v) is 10.2. The van der Waals surface area contributed by atoms with Crippen molar-refractivity contribution in [1.82, 2.24) is 19.6 Å². The summed E-state index contributed by atoms with van der Waals surface area (Å²) in [6, 6.07) is 5.79. The van der Waals surface area contributed by atoms with Crippen LogP contribution in [0.1, 0.15) is 79.9 Å². The molecule has 146 valence electrons. The Morgan fingerprint density at radius 1 is 1.15 bits per heavy atom. The van der Waals surface area contributed by atoms with Gasteiger partial charge in [-0.2, -0.15) is 0 Å². The quantitative estimate of drug-likeness (QED) is 0.809. The number of aromatic nitrogens is 2. The Labute approximate surface area is 161 Å². The highest BCUT2D eigenvalue weighted by atomic mass is 16.2. The van der Waals surface area contributed by atoms with Crippen LogP contribution in [-0.4, -0.2) is 45.2 Å². The van der Waals surface area contributed by atoms with Gasteiger partial charge < -0.3 is 10.2 Å². The minimum atomic E-state index is -0.195. The fraction of sp³-hybridized carbons (Fsp3) is 0.571. The van der Waals surface area contributed by atoms with Crippen molar-refractivity contribution in [3.05, 3.63) is 35.9 Å². The van der Waals surface area contributed by atoms with Crippen LogP contribution in [-0.2, 0) is 0 Å². The number of rotatable bonds is 7. The third kappa shape index (κ3) is 4.31. The van der Waals surface area contributed by atoms with Crippen LogP contribution in [0.25, 0.3) is 5.52 Å². The van der Waals surface area contributed by atoms with Gasteiger partial charge in [0.25, 0.3) is 11.8 Å². The molecule has 0 aliphatic heterocycles. The molecule has 2 amide bonds. The highest BCUT2D eigenvalue weighted by Crippen LogP contribution is 2.19. The number of carbonyl (C=O) groups is 2. The van der Waals surface area contributed by atoms with Gasteiger partial charge in [0.05, 0.1) is 5.52 Å². The number of imidazole rings is 1. The summed E-state index contributed by atoms with van der Waals surface area (Å²) < 4.78 is 1.74. The molecule has 0 atom stereocenters. The molecule has 0 aromatic carbocycles. The van der Waals surface area contributed by atoms with Crippen LogP contribution in [0.15, 0.2) is 24.4 Å². The monoisotopic (exact) mass is 370 g/mol. The molecule has 1 fully saturated rings. The number of fused-ring (bicyclic) bond motifs is 1. The molecular weight excluding hydrogens is 340 g/mol. The molecule has 2 aromatic rings. The molecule has 2 aromatic heterocycles. The molecule has 0 bridgehead atoms. The van der Waals surface area contributed by atoms with Gasteiger partial charge in [-0.15, -0.1) is 0 Å². The Bertz CT molecular complexity index is 787. The van der Waals surface area contributed by atoms with E-state index in [0.29, 0.717) is 30.1 Å². The molecule has 1 N–H and O–H groups in total. The van der Waals surface area contributed by atoms with Crippen LogP contribution < -0.4 is 5.32 Å². The van der Waals surface area contributed by atoms with E-state index in [1.54, 1.807) is 10.6 Å². The van der Waals surface area contributed by atoms with E-state index in [4.69, 9.17) is 0 Å². The van der Waals surface area contributed by atoms with Gasteiger partial charge in [0, 0.05) is 25.3 Å².